The van der Waals surface area contributed by atoms with Gasteiger partial charge in [0.1, 0.15) is 11.5 Å². The second kappa shape index (κ2) is 9.12. The minimum Gasteiger partial charge on any atom is -0.505 e. The van der Waals surface area contributed by atoms with E-state index in [-0.39, 0.29) is 23.0 Å². The lowest BCUT2D eigenvalue weighted by molar-refractivity contribution is -0.116. The molecule has 1 aliphatic rings. The molecule has 0 bridgehead atoms. The molecule has 150 valence electrons. The Morgan fingerprint density at radius 1 is 1.29 bits per heavy atom. The summed E-state index contributed by atoms with van der Waals surface area (Å²) in [6.45, 7) is 6.41. The predicted octanol–water partition coefficient (Wildman–Crippen LogP) is 3.41. The van der Waals surface area contributed by atoms with Crippen molar-refractivity contribution in [3.05, 3.63) is 58.8 Å². The highest BCUT2D eigenvalue weighted by Crippen LogP contribution is 2.32. The standard InChI is InChI=1S/C19H21N3O4.C2H6/c1-11-7-12(26-10-11)9-20-15-8-16(23)17(15)21-14-6-4-5-13(18(14)24)19(25)22(2)3;1-2/h4-7,10,20-21,24H,8-9H2,1-3H3;1-2H3. The molecule has 7 nitrogen and oxygen atoms in total. The zero-order chi connectivity index (χ0) is 20.8. The maximum absolute atomic E-state index is 12.1. The van der Waals surface area contributed by atoms with Gasteiger partial charge in [-0.2, -0.15) is 0 Å². The Balaban J connectivity index is 0.00000136. The number of phenols is 1. The molecule has 2 aromatic rings. The summed E-state index contributed by atoms with van der Waals surface area (Å²) in [5.41, 5.74) is 2.65. The van der Waals surface area contributed by atoms with Crippen molar-refractivity contribution in [2.45, 2.75) is 33.7 Å². The van der Waals surface area contributed by atoms with Gasteiger partial charge in [-0.05, 0) is 30.7 Å². The number of anilines is 1. The molecule has 1 aromatic carbocycles. The number of amides is 1. The number of allylic oxidation sites excluding steroid dienone is 2. The Hall–Kier alpha value is -3.22. The summed E-state index contributed by atoms with van der Waals surface area (Å²) in [5, 5.41) is 16.5. The molecule has 3 rings (SSSR count). The lowest BCUT2D eigenvalue weighted by Crippen LogP contribution is -2.32. The number of Topliss-reactive ketones (excluding diaryl/α,β-unsaturated/α-hetero) is 1. The van der Waals surface area contributed by atoms with Gasteiger partial charge in [0, 0.05) is 19.8 Å². The van der Waals surface area contributed by atoms with Crippen LogP contribution < -0.4 is 10.6 Å². The van der Waals surface area contributed by atoms with Crippen LogP contribution in [0.15, 0.2) is 46.3 Å². The number of hydrogen-bond donors (Lipinski definition) is 3. The third-order valence-electron chi connectivity index (χ3n) is 4.11. The van der Waals surface area contributed by atoms with Gasteiger partial charge in [-0.3, -0.25) is 9.59 Å². The number of carbonyl (C=O) groups excluding carboxylic acids is 2. The van der Waals surface area contributed by atoms with Crippen molar-refractivity contribution < 1.29 is 19.1 Å². The van der Waals surface area contributed by atoms with Crippen LogP contribution in [0, 0.1) is 6.92 Å². The highest BCUT2D eigenvalue weighted by Gasteiger charge is 2.28. The molecule has 1 amide bonds. The van der Waals surface area contributed by atoms with Crippen molar-refractivity contribution in [2.75, 3.05) is 19.4 Å². The average Bonchev–Trinajstić information content (AvgIpc) is 3.10. The van der Waals surface area contributed by atoms with Crippen molar-refractivity contribution in [1.82, 2.24) is 10.2 Å². The van der Waals surface area contributed by atoms with Crippen LogP contribution in [0.2, 0.25) is 0 Å². The number of rotatable bonds is 6. The van der Waals surface area contributed by atoms with Crippen molar-refractivity contribution in [2.24, 2.45) is 0 Å². The number of benzene rings is 1. The number of furan rings is 1. The van der Waals surface area contributed by atoms with Crippen LogP contribution in [0.25, 0.3) is 0 Å². The Kier molecular flexibility index (Phi) is 6.87. The summed E-state index contributed by atoms with van der Waals surface area (Å²) in [5.74, 6) is 0.216. The van der Waals surface area contributed by atoms with Gasteiger partial charge in [0.25, 0.3) is 5.91 Å². The predicted molar refractivity (Wildman–Crippen MR) is 108 cm³/mol. The topological polar surface area (TPSA) is 94.8 Å². The molecule has 0 saturated heterocycles. The fraction of sp³-hybridized carbons (Fsp3) is 0.333. The third-order valence-corrected chi connectivity index (χ3v) is 4.11. The Bertz CT molecular complexity index is 897. The number of ketones is 1. The highest BCUT2D eigenvalue weighted by molar-refractivity contribution is 6.07. The molecule has 0 unspecified atom stereocenters. The molecule has 0 saturated carbocycles. The Labute approximate surface area is 165 Å². The molecule has 3 N–H and O–H groups in total. The summed E-state index contributed by atoms with van der Waals surface area (Å²) in [6, 6.07) is 6.73. The van der Waals surface area contributed by atoms with Gasteiger partial charge < -0.3 is 25.1 Å². The summed E-state index contributed by atoms with van der Waals surface area (Å²) >= 11 is 0. The first-order valence-electron chi connectivity index (χ1n) is 9.21. The fourth-order valence-corrected chi connectivity index (χ4v) is 2.66. The van der Waals surface area contributed by atoms with Crippen molar-refractivity contribution in [3.63, 3.8) is 0 Å². The number of para-hydroxylation sites is 1. The summed E-state index contributed by atoms with van der Waals surface area (Å²) < 4.78 is 5.37. The van der Waals surface area contributed by atoms with Crippen LogP contribution in [0.4, 0.5) is 5.69 Å². The normalized spacial score (nSPS) is 12.7. The van der Waals surface area contributed by atoms with E-state index in [4.69, 9.17) is 4.42 Å². The number of nitrogens with zero attached hydrogens (tertiary/aromatic N) is 1. The Morgan fingerprint density at radius 3 is 2.57 bits per heavy atom. The van der Waals surface area contributed by atoms with Crippen LogP contribution in [0.3, 0.4) is 0 Å². The van der Waals surface area contributed by atoms with Crippen LogP contribution in [0.1, 0.15) is 41.9 Å². The molecule has 0 aliphatic heterocycles. The maximum atomic E-state index is 12.1. The third kappa shape index (κ3) is 4.54. The van der Waals surface area contributed by atoms with Crippen LogP contribution in [-0.2, 0) is 11.3 Å². The average molecular weight is 385 g/mol. The first-order valence-corrected chi connectivity index (χ1v) is 9.21. The largest absolute Gasteiger partial charge is 0.505 e. The molecule has 0 atom stereocenters. The van der Waals surface area contributed by atoms with E-state index in [1.54, 1.807) is 32.5 Å². The summed E-state index contributed by atoms with van der Waals surface area (Å²) in [6.07, 6.45) is 1.96. The fourth-order valence-electron chi connectivity index (χ4n) is 2.66. The van der Waals surface area contributed by atoms with E-state index in [1.165, 1.54) is 11.0 Å². The van der Waals surface area contributed by atoms with Gasteiger partial charge in [-0.15, -0.1) is 0 Å². The maximum Gasteiger partial charge on any atom is 0.257 e. The minimum atomic E-state index is -0.313. The zero-order valence-corrected chi connectivity index (χ0v) is 16.9. The summed E-state index contributed by atoms with van der Waals surface area (Å²) in [7, 11) is 3.22. The molecule has 7 heteroatoms. The zero-order valence-electron chi connectivity index (χ0n) is 16.9. The SMILES string of the molecule is CC.Cc1coc(CNC2=C(Nc3cccc(C(=O)N(C)C)c3O)C(=O)C2)c1. The highest BCUT2D eigenvalue weighted by atomic mass is 16.3. The van der Waals surface area contributed by atoms with E-state index in [0.29, 0.717) is 24.4 Å². The molecule has 28 heavy (non-hydrogen) atoms. The molecule has 0 fully saturated rings. The lowest BCUT2D eigenvalue weighted by Gasteiger charge is -2.25. The smallest absolute Gasteiger partial charge is 0.257 e. The molecule has 1 aliphatic carbocycles. The van der Waals surface area contributed by atoms with Gasteiger partial charge in [0.15, 0.2) is 11.5 Å². The number of aryl methyl sites for hydroxylation is 1. The summed E-state index contributed by atoms with van der Waals surface area (Å²) in [4.78, 5) is 25.5. The second-order valence-corrected chi connectivity index (χ2v) is 6.42. The number of nitrogens with one attached hydrogen (secondary N) is 2. The molecule has 0 radical (unpaired) electrons. The second-order valence-electron chi connectivity index (χ2n) is 6.42. The Morgan fingerprint density at radius 2 is 2.00 bits per heavy atom. The van der Waals surface area contributed by atoms with E-state index in [2.05, 4.69) is 10.6 Å². The van der Waals surface area contributed by atoms with Crippen LogP contribution in [-0.4, -0.2) is 35.8 Å². The van der Waals surface area contributed by atoms with Gasteiger partial charge in [-0.1, -0.05) is 19.9 Å². The van der Waals surface area contributed by atoms with Gasteiger partial charge >= 0.3 is 0 Å². The molecular formula is C21H27N3O4. The van der Waals surface area contributed by atoms with E-state index in [9.17, 15) is 14.7 Å². The van der Waals surface area contributed by atoms with Gasteiger partial charge in [0.05, 0.1) is 30.5 Å². The first kappa shape index (κ1) is 21.1. The monoisotopic (exact) mass is 385 g/mol. The van der Waals surface area contributed by atoms with Crippen molar-refractivity contribution in [1.29, 1.82) is 0 Å². The van der Waals surface area contributed by atoms with E-state index < -0.39 is 0 Å². The first-order chi connectivity index (χ1) is 13.4. The van der Waals surface area contributed by atoms with Gasteiger partial charge in [0.2, 0.25) is 0 Å². The van der Waals surface area contributed by atoms with Crippen LogP contribution >= 0.6 is 0 Å². The number of hydrogen-bond acceptors (Lipinski definition) is 6. The minimum absolute atomic E-state index is 0.0631. The van der Waals surface area contributed by atoms with Crippen molar-refractivity contribution >= 4 is 17.4 Å². The molecule has 1 aromatic heterocycles. The lowest BCUT2D eigenvalue weighted by atomic mass is 9.98. The number of carbonyl (C=O) groups is 2. The van der Waals surface area contributed by atoms with E-state index in [0.717, 1.165) is 17.0 Å². The number of phenolic OH excluding ortho intramolecular Hbond substituents is 1. The molecule has 0 spiro atoms. The molecular weight excluding hydrogens is 358 g/mol. The van der Waals surface area contributed by atoms with Crippen LogP contribution in [0.5, 0.6) is 5.75 Å². The van der Waals surface area contributed by atoms with Crippen molar-refractivity contribution in [3.8, 4) is 5.75 Å². The quantitative estimate of drug-likeness (QED) is 0.660. The number of aromatic hydroxyl groups is 1. The van der Waals surface area contributed by atoms with E-state index in [1.807, 2.05) is 26.8 Å². The van der Waals surface area contributed by atoms with Gasteiger partial charge in [-0.25, -0.2) is 0 Å². The molecule has 1 heterocycles. The van der Waals surface area contributed by atoms with E-state index >= 15 is 0 Å².